The Balaban J connectivity index is 4.76. The summed E-state index contributed by atoms with van der Waals surface area (Å²) in [5.41, 5.74) is -0.634. The highest BCUT2D eigenvalue weighted by Gasteiger charge is 2.30. The number of rotatable bonds is 8. The highest BCUT2D eigenvalue weighted by Crippen LogP contribution is 2.21. The zero-order valence-electron chi connectivity index (χ0n) is 15.7. The number of allylic oxidation sites excluding steroid dienone is 1. The molecule has 0 aliphatic heterocycles. The summed E-state index contributed by atoms with van der Waals surface area (Å²) in [6, 6.07) is 0. The van der Waals surface area contributed by atoms with E-state index in [2.05, 4.69) is 5.32 Å². The van der Waals surface area contributed by atoms with Crippen LogP contribution in [-0.2, 0) is 14.3 Å². The van der Waals surface area contributed by atoms with Crippen LogP contribution in [0.1, 0.15) is 54.9 Å². The maximum atomic E-state index is 14.1. The van der Waals surface area contributed by atoms with Crippen LogP contribution in [-0.4, -0.2) is 29.8 Å². The Morgan fingerprint density at radius 3 is 1.88 bits per heavy atom. The lowest BCUT2D eigenvalue weighted by Crippen LogP contribution is -2.33. The minimum absolute atomic E-state index is 0.0702. The molecule has 0 aromatic rings. The van der Waals surface area contributed by atoms with Gasteiger partial charge in [-0.3, -0.25) is 9.59 Å². The van der Waals surface area contributed by atoms with E-state index in [1.54, 1.807) is 48.5 Å². The minimum atomic E-state index is -0.984. The quantitative estimate of drug-likeness (QED) is 0.680. The van der Waals surface area contributed by atoms with Crippen LogP contribution in [0.2, 0.25) is 0 Å². The van der Waals surface area contributed by atoms with Crippen LogP contribution in [0.3, 0.4) is 0 Å². The summed E-state index contributed by atoms with van der Waals surface area (Å²) in [5.74, 6) is -2.80. The largest absolute Gasteiger partial charge is 0.444 e. The Bertz CT molecular complexity index is 470. The van der Waals surface area contributed by atoms with Crippen molar-refractivity contribution in [2.75, 3.05) is 6.54 Å². The Morgan fingerprint density at radius 2 is 1.50 bits per heavy atom. The van der Waals surface area contributed by atoms with Crippen molar-refractivity contribution < 1.29 is 23.5 Å². The summed E-state index contributed by atoms with van der Waals surface area (Å²) in [6.07, 6.45) is 0.224. The molecule has 0 heterocycles. The Morgan fingerprint density at radius 1 is 1.04 bits per heavy atom. The van der Waals surface area contributed by atoms with Gasteiger partial charge in [-0.25, -0.2) is 9.18 Å². The second kappa shape index (κ2) is 9.55. The lowest BCUT2D eigenvalue weighted by atomic mass is 9.84. The highest BCUT2D eigenvalue weighted by atomic mass is 19.1. The van der Waals surface area contributed by atoms with Crippen molar-refractivity contribution in [2.24, 2.45) is 17.8 Å². The number of carbonyl (C=O) groups excluding carboxylic acids is 3. The summed E-state index contributed by atoms with van der Waals surface area (Å²) >= 11 is 0. The van der Waals surface area contributed by atoms with Crippen LogP contribution >= 0.6 is 0 Å². The van der Waals surface area contributed by atoms with Crippen molar-refractivity contribution in [3.63, 3.8) is 0 Å². The van der Waals surface area contributed by atoms with Crippen molar-refractivity contribution >= 4 is 17.7 Å². The van der Waals surface area contributed by atoms with Crippen molar-refractivity contribution in [3.8, 4) is 0 Å². The van der Waals surface area contributed by atoms with E-state index in [1.165, 1.54) is 0 Å². The van der Waals surface area contributed by atoms with E-state index < -0.39 is 23.4 Å². The smallest absolute Gasteiger partial charge is 0.407 e. The predicted octanol–water partition coefficient (Wildman–Crippen LogP) is 3.82. The van der Waals surface area contributed by atoms with Gasteiger partial charge in [0.1, 0.15) is 17.2 Å². The molecule has 0 radical (unpaired) electrons. The summed E-state index contributed by atoms with van der Waals surface area (Å²) in [6.45, 7) is 11.9. The van der Waals surface area contributed by atoms with Crippen molar-refractivity contribution in [1.82, 2.24) is 5.32 Å². The topological polar surface area (TPSA) is 72.5 Å². The third-order valence-corrected chi connectivity index (χ3v) is 3.19. The second-order valence-corrected chi connectivity index (χ2v) is 7.40. The lowest BCUT2D eigenvalue weighted by molar-refractivity contribution is -0.136. The fraction of sp³-hybridized carbons (Fsp3) is 0.722. The maximum absolute atomic E-state index is 14.1. The molecule has 0 aromatic heterocycles. The van der Waals surface area contributed by atoms with Gasteiger partial charge < -0.3 is 10.1 Å². The average molecular weight is 343 g/mol. The third kappa shape index (κ3) is 8.79. The van der Waals surface area contributed by atoms with Crippen LogP contribution in [0.5, 0.6) is 0 Å². The molecular formula is C18H30FNO4. The van der Waals surface area contributed by atoms with Crippen molar-refractivity contribution in [3.05, 3.63) is 11.9 Å². The summed E-state index contributed by atoms with van der Waals surface area (Å²) < 4.78 is 19.1. The van der Waals surface area contributed by atoms with E-state index in [1.807, 2.05) is 0 Å². The van der Waals surface area contributed by atoms with E-state index >= 15 is 0 Å². The van der Waals surface area contributed by atoms with Gasteiger partial charge in [-0.1, -0.05) is 27.7 Å². The van der Waals surface area contributed by atoms with Crippen LogP contribution in [0.4, 0.5) is 9.18 Å². The molecule has 0 rings (SSSR count). The molecule has 0 bridgehead atoms. The Labute approximate surface area is 144 Å². The van der Waals surface area contributed by atoms with Crippen LogP contribution < -0.4 is 5.32 Å². The number of ketones is 2. The molecule has 0 aromatic carbocycles. The van der Waals surface area contributed by atoms with E-state index in [0.717, 1.165) is 6.08 Å². The molecule has 0 unspecified atom stereocenters. The number of nitrogens with one attached hydrogen (secondary N) is 1. The normalized spacial score (nSPS) is 12.7. The summed E-state index contributed by atoms with van der Waals surface area (Å²) in [4.78, 5) is 35.8. The fourth-order valence-corrected chi connectivity index (χ4v) is 1.98. The summed E-state index contributed by atoms with van der Waals surface area (Å²) in [7, 11) is 0. The molecule has 0 fully saturated rings. The third-order valence-electron chi connectivity index (χ3n) is 3.19. The first-order chi connectivity index (χ1) is 10.8. The number of alkyl carbamates (subject to hydrolysis) is 1. The predicted molar refractivity (Wildman–Crippen MR) is 91.2 cm³/mol. The van der Waals surface area contributed by atoms with Crippen LogP contribution in [0.15, 0.2) is 11.9 Å². The molecule has 0 atom stereocenters. The van der Waals surface area contributed by atoms with Gasteiger partial charge in [0.2, 0.25) is 0 Å². The van der Waals surface area contributed by atoms with Crippen molar-refractivity contribution in [1.29, 1.82) is 0 Å². The summed E-state index contributed by atoms with van der Waals surface area (Å²) in [5, 5.41) is 2.40. The van der Waals surface area contributed by atoms with Crippen molar-refractivity contribution in [2.45, 2.75) is 60.5 Å². The zero-order valence-corrected chi connectivity index (χ0v) is 15.7. The minimum Gasteiger partial charge on any atom is -0.444 e. The zero-order chi connectivity index (χ0) is 19.1. The number of halogens is 1. The highest BCUT2D eigenvalue weighted by molar-refractivity contribution is 6.04. The molecule has 1 N–H and O–H groups in total. The standard InChI is InChI=1S/C18H30FNO4/c1-11(2)15(21)14(16(22)12(3)4)10-13(19)8-9-20-17(23)24-18(5,6)7/h8,11-12,14H,9-10H2,1-7H3,(H,20,23)/b13-8-. The SMILES string of the molecule is CC(C)C(=O)C(C/C(F)=C/CNC(=O)OC(C)(C)C)C(=O)C(C)C. The number of hydrogen-bond donors (Lipinski definition) is 1. The van der Waals surface area contributed by atoms with Gasteiger partial charge in [0, 0.05) is 24.8 Å². The molecule has 24 heavy (non-hydrogen) atoms. The molecule has 0 spiro atoms. The molecule has 0 saturated heterocycles. The van der Waals surface area contributed by atoms with Crippen LogP contribution in [0.25, 0.3) is 0 Å². The average Bonchev–Trinajstić information content (AvgIpc) is 2.40. The van der Waals surface area contributed by atoms with Gasteiger partial charge in [-0.15, -0.1) is 0 Å². The van der Waals surface area contributed by atoms with Gasteiger partial charge in [-0.2, -0.15) is 0 Å². The fourth-order valence-electron chi connectivity index (χ4n) is 1.98. The molecular weight excluding hydrogens is 313 g/mol. The molecule has 138 valence electrons. The van der Waals surface area contributed by atoms with Gasteiger partial charge in [-0.05, 0) is 26.8 Å². The van der Waals surface area contributed by atoms with E-state index in [0.29, 0.717) is 0 Å². The lowest BCUT2D eigenvalue weighted by Gasteiger charge is -2.19. The first kappa shape index (κ1) is 22.3. The van der Waals surface area contributed by atoms with E-state index in [4.69, 9.17) is 4.74 Å². The van der Waals surface area contributed by atoms with Gasteiger partial charge >= 0.3 is 6.09 Å². The first-order valence-electron chi connectivity index (χ1n) is 8.24. The second-order valence-electron chi connectivity index (χ2n) is 7.40. The Hall–Kier alpha value is -1.72. The molecule has 5 nitrogen and oxygen atoms in total. The maximum Gasteiger partial charge on any atom is 0.407 e. The number of amides is 1. The molecule has 0 aliphatic rings. The number of ether oxygens (including phenoxy) is 1. The van der Waals surface area contributed by atoms with E-state index in [9.17, 15) is 18.8 Å². The molecule has 0 saturated carbocycles. The van der Waals surface area contributed by atoms with Crippen LogP contribution in [0, 0.1) is 17.8 Å². The first-order valence-corrected chi connectivity index (χ1v) is 8.24. The van der Waals surface area contributed by atoms with E-state index in [-0.39, 0.29) is 36.4 Å². The number of hydrogen-bond acceptors (Lipinski definition) is 4. The number of Topliss-reactive ketones (excluding diaryl/α,β-unsaturated/α-hetero) is 2. The number of carbonyl (C=O) groups is 3. The van der Waals surface area contributed by atoms with Gasteiger partial charge in [0.25, 0.3) is 0 Å². The molecule has 0 aliphatic carbocycles. The molecule has 6 heteroatoms. The Kier molecular flexibility index (Phi) is 8.86. The van der Waals surface area contributed by atoms with Gasteiger partial charge in [0.05, 0.1) is 11.7 Å². The monoisotopic (exact) mass is 343 g/mol. The van der Waals surface area contributed by atoms with Gasteiger partial charge in [0.15, 0.2) is 0 Å². The molecule has 1 amide bonds.